The number of ether oxygens (including phenoxy) is 2. The second kappa shape index (κ2) is 12.2. The van der Waals surface area contributed by atoms with E-state index in [9.17, 15) is 14.9 Å². The van der Waals surface area contributed by atoms with E-state index in [0.29, 0.717) is 34.0 Å². The summed E-state index contributed by atoms with van der Waals surface area (Å²) in [6.07, 6.45) is 1.99. The monoisotopic (exact) mass is 552 g/mol. The highest BCUT2D eigenvalue weighted by Crippen LogP contribution is 2.33. The second-order valence-electron chi connectivity index (χ2n) is 7.37. The van der Waals surface area contributed by atoms with Crippen LogP contribution in [-0.4, -0.2) is 25.6 Å². The lowest BCUT2D eigenvalue weighted by molar-refractivity contribution is -0.112. The van der Waals surface area contributed by atoms with Gasteiger partial charge in [0, 0.05) is 27.2 Å². The molecule has 0 radical (unpaired) electrons. The van der Waals surface area contributed by atoms with Crippen LogP contribution in [0.25, 0.3) is 6.08 Å². The van der Waals surface area contributed by atoms with Gasteiger partial charge in [0.05, 0.1) is 19.3 Å². The molecule has 3 aromatic rings. The van der Waals surface area contributed by atoms with Crippen molar-refractivity contribution in [1.29, 1.82) is 5.26 Å². The first-order valence-corrected chi connectivity index (χ1v) is 11.8. The molecule has 178 valence electrons. The zero-order chi connectivity index (χ0) is 25.4. The number of halogens is 2. The molecule has 1 amide bonds. The van der Waals surface area contributed by atoms with Crippen LogP contribution < -0.4 is 10.1 Å². The summed E-state index contributed by atoms with van der Waals surface area (Å²) in [6.45, 7) is 1.99. The van der Waals surface area contributed by atoms with Crippen molar-refractivity contribution in [3.05, 3.63) is 98.0 Å². The molecule has 0 atom stereocenters. The highest BCUT2D eigenvalue weighted by Gasteiger charge is 2.15. The highest BCUT2D eigenvalue weighted by molar-refractivity contribution is 9.10. The lowest BCUT2D eigenvalue weighted by Gasteiger charge is -2.13. The number of anilines is 1. The minimum absolute atomic E-state index is 0.115. The van der Waals surface area contributed by atoms with Crippen molar-refractivity contribution in [1.82, 2.24) is 0 Å². The number of amides is 1. The SMILES string of the molecule is CCOC(=O)c1ccc(NC(=O)/C(C#N)=C/c2cc(Cl)c(Cc3ccccc3Br)c(OC)c2)cc1. The summed E-state index contributed by atoms with van der Waals surface area (Å²) in [5.74, 6) is -0.493. The summed E-state index contributed by atoms with van der Waals surface area (Å²) in [7, 11) is 1.54. The molecule has 8 heteroatoms. The molecular formula is C27H22BrClN2O4. The van der Waals surface area contributed by atoms with Gasteiger partial charge in [-0.15, -0.1) is 0 Å². The quantitative estimate of drug-likeness (QED) is 0.197. The van der Waals surface area contributed by atoms with Crippen molar-refractivity contribution < 1.29 is 19.1 Å². The molecule has 0 aliphatic carbocycles. The number of nitriles is 1. The van der Waals surface area contributed by atoms with Crippen molar-refractivity contribution in [2.24, 2.45) is 0 Å². The topological polar surface area (TPSA) is 88.4 Å². The number of benzene rings is 3. The number of rotatable bonds is 8. The van der Waals surface area contributed by atoms with Crippen LogP contribution in [0.5, 0.6) is 5.75 Å². The van der Waals surface area contributed by atoms with Crippen molar-refractivity contribution in [2.45, 2.75) is 13.3 Å². The van der Waals surface area contributed by atoms with E-state index in [1.165, 1.54) is 18.2 Å². The molecule has 3 rings (SSSR count). The number of carbonyl (C=O) groups is 2. The average molecular weight is 554 g/mol. The van der Waals surface area contributed by atoms with E-state index in [1.54, 1.807) is 38.3 Å². The van der Waals surface area contributed by atoms with Gasteiger partial charge in [-0.3, -0.25) is 4.79 Å². The lowest BCUT2D eigenvalue weighted by Crippen LogP contribution is -2.13. The largest absolute Gasteiger partial charge is 0.496 e. The fourth-order valence-corrected chi connectivity index (χ4v) is 4.03. The standard InChI is InChI=1S/C27H22BrClN2O4/c1-3-35-27(33)18-8-10-21(11-9-18)31-26(32)20(16-30)12-17-13-24(29)22(25(14-17)34-2)15-19-6-4-5-7-23(19)28/h4-14H,3,15H2,1-2H3,(H,31,32)/b20-12+. The van der Waals surface area contributed by atoms with Gasteiger partial charge >= 0.3 is 5.97 Å². The third-order valence-electron chi connectivity index (χ3n) is 5.05. The number of hydrogen-bond acceptors (Lipinski definition) is 5. The normalized spacial score (nSPS) is 10.9. The Labute approximate surface area is 217 Å². The van der Waals surface area contributed by atoms with Crippen LogP contribution in [0.3, 0.4) is 0 Å². The Kier molecular flexibility index (Phi) is 9.07. The van der Waals surface area contributed by atoms with E-state index < -0.39 is 11.9 Å². The minimum Gasteiger partial charge on any atom is -0.496 e. The third-order valence-corrected chi connectivity index (χ3v) is 6.16. The molecule has 35 heavy (non-hydrogen) atoms. The molecule has 0 saturated carbocycles. The summed E-state index contributed by atoms with van der Waals surface area (Å²) >= 11 is 10.1. The molecule has 0 aromatic heterocycles. The third kappa shape index (κ3) is 6.72. The van der Waals surface area contributed by atoms with Gasteiger partial charge in [0.1, 0.15) is 17.4 Å². The van der Waals surface area contributed by atoms with E-state index in [0.717, 1.165) is 15.6 Å². The lowest BCUT2D eigenvalue weighted by atomic mass is 10.0. The molecule has 0 aliphatic heterocycles. The van der Waals surface area contributed by atoms with Gasteiger partial charge in [-0.05, 0) is 66.6 Å². The van der Waals surface area contributed by atoms with Gasteiger partial charge in [0.2, 0.25) is 0 Å². The van der Waals surface area contributed by atoms with E-state index >= 15 is 0 Å². The van der Waals surface area contributed by atoms with Crippen molar-refractivity contribution in [2.75, 3.05) is 19.0 Å². The highest BCUT2D eigenvalue weighted by atomic mass is 79.9. The van der Waals surface area contributed by atoms with Crippen LogP contribution in [0.1, 0.15) is 34.0 Å². The average Bonchev–Trinajstić information content (AvgIpc) is 2.85. The van der Waals surface area contributed by atoms with Crippen molar-refractivity contribution >= 4 is 51.2 Å². The van der Waals surface area contributed by atoms with E-state index in [2.05, 4.69) is 21.2 Å². The zero-order valence-electron chi connectivity index (χ0n) is 19.1. The van der Waals surface area contributed by atoms with E-state index in [-0.39, 0.29) is 12.2 Å². The molecule has 3 aromatic carbocycles. The number of nitrogens with one attached hydrogen (secondary N) is 1. The predicted octanol–water partition coefficient (Wildman–Crippen LogP) is 6.42. The van der Waals surface area contributed by atoms with Crippen LogP contribution in [0.15, 0.2) is 70.7 Å². The first-order valence-electron chi connectivity index (χ1n) is 10.7. The summed E-state index contributed by atoms with van der Waals surface area (Å²) < 4.78 is 11.5. The Bertz CT molecular complexity index is 1310. The van der Waals surface area contributed by atoms with Gasteiger partial charge < -0.3 is 14.8 Å². The predicted molar refractivity (Wildman–Crippen MR) is 140 cm³/mol. The summed E-state index contributed by atoms with van der Waals surface area (Å²) in [5.41, 5.74) is 3.07. The first kappa shape index (κ1) is 26.0. The van der Waals surface area contributed by atoms with Crippen LogP contribution in [0.4, 0.5) is 5.69 Å². The first-order chi connectivity index (χ1) is 16.9. The Morgan fingerprint density at radius 2 is 1.86 bits per heavy atom. The fourth-order valence-electron chi connectivity index (χ4n) is 3.32. The fraction of sp³-hybridized carbons (Fsp3) is 0.148. The Morgan fingerprint density at radius 3 is 2.49 bits per heavy atom. The molecule has 0 bridgehead atoms. The maximum Gasteiger partial charge on any atom is 0.338 e. The van der Waals surface area contributed by atoms with Crippen molar-refractivity contribution in [3.63, 3.8) is 0 Å². The van der Waals surface area contributed by atoms with Gasteiger partial charge in [-0.2, -0.15) is 5.26 Å². The van der Waals surface area contributed by atoms with Crippen LogP contribution in [0, 0.1) is 11.3 Å². The number of esters is 1. The van der Waals surface area contributed by atoms with Gasteiger partial charge in [-0.1, -0.05) is 45.7 Å². The molecule has 1 N–H and O–H groups in total. The molecule has 0 unspecified atom stereocenters. The van der Waals surface area contributed by atoms with Crippen LogP contribution >= 0.6 is 27.5 Å². The van der Waals surface area contributed by atoms with E-state index in [4.69, 9.17) is 21.1 Å². The number of nitrogens with zero attached hydrogens (tertiary/aromatic N) is 1. The molecule has 0 heterocycles. The van der Waals surface area contributed by atoms with Gasteiger partial charge in [0.25, 0.3) is 5.91 Å². The minimum atomic E-state index is -0.594. The van der Waals surface area contributed by atoms with Gasteiger partial charge in [-0.25, -0.2) is 4.79 Å². The Hall–Kier alpha value is -3.60. The Morgan fingerprint density at radius 1 is 1.14 bits per heavy atom. The molecule has 6 nitrogen and oxygen atoms in total. The van der Waals surface area contributed by atoms with Gasteiger partial charge in [0.15, 0.2) is 0 Å². The second-order valence-corrected chi connectivity index (χ2v) is 8.64. The smallest absolute Gasteiger partial charge is 0.338 e. The summed E-state index contributed by atoms with van der Waals surface area (Å²) in [5, 5.41) is 12.7. The molecule has 0 fully saturated rings. The van der Waals surface area contributed by atoms with Crippen LogP contribution in [0.2, 0.25) is 5.02 Å². The number of carbonyl (C=O) groups excluding carboxylic acids is 2. The number of hydrogen-bond donors (Lipinski definition) is 1. The van der Waals surface area contributed by atoms with Crippen molar-refractivity contribution in [3.8, 4) is 11.8 Å². The molecule has 0 spiro atoms. The summed E-state index contributed by atoms with van der Waals surface area (Å²) in [6, 6.07) is 19.4. The van der Waals surface area contributed by atoms with Crippen LogP contribution in [-0.2, 0) is 16.0 Å². The molecule has 0 aliphatic rings. The molecule has 0 saturated heterocycles. The zero-order valence-corrected chi connectivity index (χ0v) is 21.4. The maximum absolute atomic E-state index is 12.7. The maximum atomic E-state index is 12.7. The van der Waals surface area contributed by atoms with E-state index in [1.807, 2.05) is 30.3 Å². The molecular weight excluding hydrogens is 532 g/mol. The summed E-state index contributed by atoms with van der Waals surface area (Å²) in [4.78, 5) is 24.5. The Balaban J connectivity index is 1.82. The number of methoxy groups -OCH3 is 1.